The monoisotopic (exact) mass is 205 g/mol. The number of hydrogen-bond acceptors (Lipinski definition) is 3. The van der Waals surface area contributed by atoms with Crippen molar-refractivity contribution in [3.63, 3.8) is 0 Å². The van der Waals surface area contributed by atoms with E-state index in [9.17, 15) is 10.1 Å². The molecule has 0 radical (unpaired) electrons. The molecule has 4 nitrogen and oxygen atoms in total. The maximum Gasteiger partial charge on any atom is 0.311 e. The SMILES string of the molecule is CC#CCOc1ccc(C)cc1[N+](=O)[O-]. The number of benzene rings is 1. The average Bonchev–Trinajstić information content (AvgIpc) is 2.20. The van der Waals surface area contributed by atoms with Crippen molar-refractivity contribution in [1.29, 1.82) is 0 Å². The van der Waals surface area contributed by atoms with Crippen molar-refractivity contribution in [2.24, 2.45) is 0 Å². The highest BCUT2D eigenvalue weighted by Crippen LogP contribution is 2.27. The van der Waals surface area contributed by atoms with Gasteiger partial charge in [0.2, 0.25) is 0 Å². The summed E-state index contributed by atoms with van der Waals surface area (Å²) in [6.07, 6.45) is 0. The van der Waals surface area contributed by atoms with Crippen LogP contribution in [0.25, 0.3) is 0 Å². The van der Waals surface area contributed by atoms with E-state index in [0.29, 0.717) is 0 Å². The van der Waals surface area contributed by atoms with Crippen LogP contribution in [0.5, 0.6) is 5.75 Å². The van der Waals surface area contributed by atoms with Crippen LogP contribution in [-0.4, -0.2) is 11.5 Å². The molecule has 0 fully saturated rings. The van der Waals surface area contributed by atoms with Crippen molar-refractivity contribution in [3.05, 3.63) is 33.9 Å². The first kappa shape index (κ1) is 11.1. The lowest BCUT2D eigenvalue weighted by Gasteiger charge is -2.03. The Kier molecular flexibility index (Phi) is 3.69. The standard InChI is InChI=1S/C11H11NO3/c1-3-4-7-15-11-6-5-9(2)8-10(11)12(13)14/h5-6,8H,7H2,1-2H3. The van der Waals surface area contributed by atoms with Crippen molar-refractivity contribution in [2.45, 2.75) is 13.8 Å². The number of hydrogen-bond donors (Lipinski definition) is 0. The molecule has 15 heavy (non-hydrogen) atoms. The second-order valence-electron chi connectivity index (χ2n) is 2.94. The number of ether oxygens (including phenoxy) is 1. The zero-order valence-corrected chi connectivity index (χ0v) is 8.61. The Labute approximate surface area is 88.0 Å². The molecule has 0 aliphatic carbocycles. The molecule has 0 aliphatic heterocycles. The van der Waals surface area contributed by atoms with E-state index in [-0.39, 0.29) is 18.0 Å². The molecule has 0 unspecified atom stereocenters. The first-order valence-corrected chi connectivity index (χ1v) is 4.42. The van der Waals surface area contributed by atoms with Gasteiger partial charge in [0.05, 0.1) is 4.92 Å². The summed E-state index contributed by atoms with van der Waals surface area (Å²) in [5, 5.41) is 10.7. The van der Waals surface area contributed by atoms with Crippen molar-refractivity contribution in [2.75, 3.05) is 6.61 Å². The minimum absolute atomic E-state index is 0.0205. The second-order valence-corrected chi connectivity index (χ2v) is 2.94. The van der Waals surface area contributed by atoms with Gasteiger partial charge in [0.1, 0.15) is 6.61 Å². The Morgan fingerprint density at radius 3 is 2.87 bits per heavy atom. The molecule has 1 rings (SSSR count). The smallest absolute Gasteiger partial charge is 0.311 e. The molecule has 0 aliphatic rings. The quantitative estimate of drug-likeness (QED) is 0.432. The third kappa shape index (κ3) is 2.99. The zero-order chi connectivity index (χ0) is 11.3. The lowest BCUT2D eigenvalue weighted by Crippen LogP contribution is -1.98. The van der Waals surface area contributed by atoms with Crippen molar-refractivity contribution < 1.29 is 9.66 Å². The minimum Gasteiger partial charge on any atom is -0.474 e. The van der Waals surface area contributed by atoms with E-state index >= 15 is 0 Å². The molecule has 0 spiro atoms. The van der Waals surface area contributed by atoms with Crippen LogP contribution in [-0.2, 0) is 0 Å². The molecule has 78 valence electrons. The molecular formula is C11H11NO3. The zero-order valence-electron chi connectivity index (χ0n) is 8.61. The summed E-state index contributed by atoms with van der Waals surface area (Å²) in [7, 11) is 0. The van der Waals surface area contributed by atoms with Crippen molar-refractivity contribution >= 4 is 5.69 Å². The van der Waals surface area contributed by atoms with Gasteiger partial charge in [-0.1, -0.05) is 12.0 Å². The Balaban J connectivity index is 2.94. The maximum atomic E-state index is 10.7. The molecule has 0 amide bonds. The predicted molar refractivity (Wildman–Crippen MR) is 56.8 cm³/mol. The third-order valence-electron chi connectivity index (χ3n) is 1.79. The maximum absolute atomic E-state index is 10.7. The van der Waals surface area contributed by atoms with Gasteiger partial charge in [0.25, 0.3) is 0 Å². The number of nitro groups is 1. The van der Waals surface area contributed by atoms with Gasteiger partial charge in [0.15, 0.2) is 5.75 Å². The van der Waals surface area contributed by atoms with Gasteiger partial charge in [-0.05, 0) is 25.5 Å². The first-order valence-electron chi connectivity index (χ1n) is 4.42. The third-order valence-corrected chi connectivity index (χ3v) is 1.79. The number of nitro benzene ring substituents is 1. The highest BCUT2D eigenvalue weighted by Gasteiger charge is 2.14. The van der Waals surface area contributed by atoms with Crippen LogP contribution in [0, 0.1) is 28.9 Å². The van der Waals surface area contributed by atoms with Crippen molar-refractivity contribution in [1.82, 2.24) is 0 Å². The predicted octanol–water partition coefficient (Wildman–Crippen LogP) is 2.31. The van der Waals surface area contributed by atoms with E-state index in [4.69, 9.17) is 4.74 Å². The normalized spacial score (nSPS) is 8.93. The van der Waals surface area contributed by atoms with E-state index in [1.165, 1.54) is 6.07 Å². The highest BCUT2D eigenvalue weighted by atomic mass is 16.6. The summed E-state index contributed by atoms with van der Waals surface area (Å²) >= 11 is 0. The molecule has 4 heteroatoms. The molecular weight excluding hydrogens is 194 g/mol. The van der Waals surface area contributed by atoms with Gasteiger partial charge in [-0.3, -0.25) is 10.1 Å². The van der Waals surface area contributed by atoms with Gasteiger partial charge in [-0.2, -0.15) is 0 Å². The lowest BCUT2D eigenvalue weighted by molar-refractivity contribution is -0.385. The van der Waals surface area contributed by atoms with Crippen molar-refractivity contribution in [3.8, 4) is 17.6 Å². The summed E-state index contributed by atoms with van der Waals surface area (Å²) in [6, 6.07) is 4.83. The Morgan fingerprint density at radius 2 is 2.27 bits per heavy atom. The number of aryl methyl sites for hydroxylation is 1. The van der Waals surface area contributed by atoms with Gasteiger partial charge >= 0.3 is 5.69 Å². The van der Waals surface area contributed by atoms with Crippen LogP contribution in [0.2, 0.25) is 0 Å². The molecule has 0 atom stereocenters. The fourth-order valence-electron chi connectivity index (χ4n) is 1.08. The van der Waals surface area contributed by atoms with Gasteiger partial charge in [0, 0.05) is 6.07 Å². The Morgan fingerprint density at radius 1 is 1.53 bits per heavy atom. The van der Waals surface area contributed by atoms with E-state index in [0.717, 1.165) is 5.56 Å². The molecule has 0 bridgehead atoms. The van der Waals surface area contributed by atoms with Crippen LogP contribution in [0.15, 0.2) is 18.2 Å². The Hall–Kier alpha value is -2.02. The van der Waals surface area contributed by atoms with Crippen LogP contribution in [0.4, 0.5) is 5.69 Å². The summed E-state index contributed by atoms with van der Waals surface area (Å²) in [6.45, 7) is 3.65. The lowest BCUT2D eigenvalue weighted by atomic mass is 10.2. The largest absolute Gasteiger partial charge is 0.474 e. The fraction of sp³-hybridized carbons (Fsp3) is 0.273. The molecule has 0 saturated heterocycles. The van der Waals surface area contributed by atoms with Crippen LogP contribution < -0.4 is 4.74 Å². The molecule has 0 aromatic heterocycles. The summed E-state index contributed by atoms with van der Waals surface area (Å²) in [5.74, 6) is 5.59. The summed E-state index contributed by atoms with van der Waals surface area (Å²) in [5.41, 5.74) is 0.809. The molecule has 0 N–H and O–H groups in total. The summed E-state index contributed by atoms with van der Waals surface area (Å²) in [4.78, 5) is 10.2. The number of nitrogens with zero attached hydrogens (tertiary/aromatic N) is 1. The average molecular weight is 205 g/mol. The van der Waals surface area contributed by atoms with Gasteiger partial charge < -0.3 is 4.74 Å². The fourth-order valence-corrected chi connectivity index (χ4v) is 1.08. The van der Waals surface area contributed by atoms with Crippen LogP contribution in [0.1, 0.15) is 12.5 Å². The van der Waals surface area contributed by atoms with E-state index in [1.54, 1.807) is 26.0 Å². The molecule has 0 heterocycles. The van der Waals surface area contributed by atoms with Gasteiger partial charge in [-0.15, -0.1) is 5.92 Å². The molecule has 0 saturated carbocycles. The van der Waals surface area contributed by atoms with Crippen LogP contribution in [0.3, 0.4) is 0 Å². The number of rotatable bonds is 3. The van der Waals surface area contributed by atoms with Gasteiger partial charge in [-0.25, -0.2) is 0 Å². The minimum atomic E-state index is -0.457. The van der Waals surface area contributed by atoms with E-state index in [2.05, 4.69) is 11.8 Å². The topological polar surface area (TPSA) is 52.4 Å². The van der Waals surface area contributed by atoms with Crippen LogP contribution >= 0.6 is 0 Å². The summed E-state index contributed by atoms with van der Waals surface area (Å²) < 4.78 is 5.18. The molecule has 1 aromatic carbocycles. The van der Waals surface area contributed by atoms with E-state index < -0.39 is 4.92 Å². The second kappa shape index (κ2) is 5.01. The molecule has 1 aromatic rings. The Bertz CT molecular complexity index is 429. The van der Waals surface area contributed by atoms with E-state index in [1.807, 2.05) is 0 Å². The highest BCUT2D eigenvalue weighted by molar-refractivity contribution is 5.48. The first-order chi connectivity index (χ1) is 7.15.